The maximum Gasteiger partial charge on any atom is 0.513 e. The van der Waals surface area contributed by atoms with Crippen LogP contribution < -0.4 is 10.9 Å². The Kier molecular flexibility index (Phi) is 5.11. The van der Waals surface area contributed by atoms with Crippen molar-refractivity contribution in [3.05, 3.63) is 75.0 Å². The van der Waals surface area contributed by atoms with Gasteiger partial charge in [0.1, 0.15) is 5.76 Å². The molecule has 0 aliphatic carbocycles. The average Bonchev–Trinajstić information content (AvgIpc) is 2.65. The number of carbonyl (C=O) groups excluding carboxylic acids is 1. The number of H-pyrrole nitrogens is 1. The molecule has 136 valence electrons. The van der Waals surface area contributed by atoms with Crippen LogP contribution in [0.5, 0.6) is 0 Å². The van der Waals surface area contributed by atoms with E-state index in [-0.39, 0.29) is 12.2 Å². The van der Waals surface area contributed by atoms with E-state index < -0.39 is 12.1 Å². The minimum Gasteiger partial charge on any atom is -0.434 e. The standard InChI is InChI=1S/C20H22N2O4/c1-4-14-18(26-20(24)25-5-2)15(13-9-7-6-8-10-13)16-17(22-14)12(3)11-21-19(16)23/h6-11,15,22H,4-5H2,1-3H3,(H,21,23). The van der Waals surface area contributed by atoms with Crippen LogP contribution in [0.4, 0.5) is 10.5 Å². The lowest BCUT2D eigenvalue weighted by Gasteiger charge is -2.31. The Hall–Kier alpha value is -3.02. The molecule has 0 radical (unpaired) electrons. The highest BCUT2D eigenvalue weighted by atomic mass is 16.7. The summed E-state index contributed by atoms with van der Waals surface area (Å²) in [4.78, 5) is 27.5. The number of pyridine rings is 1. The molecule has 26 heavy (non-hydrogen) atoms. The van der Waals surface area contributed by atoms with E-state index >= 15 is 0 Å². The molecule has 2 N–H and O–H groups in total. The summed E-state index contributed by atoms with van der Waals surface area (Å²) in [6, 6.07) is 9.54. The lowest BCUT2D eigenvalue weighted by Crippen LogP contribution is -2.29. The molecule has 0 saturated heterocycles. The maximum atomic E-state index is 12.7. The molecule has 1 aromatic heterocycles. The van der Waals surface area contributed by atoms with Crippen molar-refractivity contribution in [3.8, 4) is 0 Å². The zero-order valence-electron chi connectivity index (χ0n) is 15.1. The summed E-state index contributed by atoms with van der Waals surface area (Å²) in [6.07, 6.45) is 1.52. The molecule has 2 aromatic rings. The van der Waals surface area contributed by atoms with Gasteiger partial charge in [-0.15, -0.1) is 0 Å². The van der Waals surface area contributed by atoms with Crippen molar-refractivity contribution in [2.45, 2.75) is 33.1 Å². The fourth-order valence-electron chi connectivity index (χ4n) is 3.19. The van der Waals surface area contributed by atoms with Gasteiger partial charge >= 0.3 is 6.16 Å². The second-order valence-electron chi connectivity index (χ2n) is 6.04. The fraction of sp³-hybridized carbons (Fsp3) is 0.300. The highest BCUT2D eigenvalue weighted by molar-refractivity contribution is 5.70. The molecule has 0 amide bonds. The zero-order valence-corrected chi connectivity index (χ0v) is 15.1. The Morgan fingerprint density at radius 1 is 1.19 bits per heavy atom. The van der Waals surface area contributed by atoms with E-state index in [1.165, 1.54) is 0 Å². The van der Waals surface area contributed by atoms with Gasteiger partial charge in [0, 0.05) is 6.20 Å². The molecule has 0 saturated carbocycles. The second kappa shape index (κ2) is 7.47. The SMILES string of the molecule is CCOC(=O)OC1=C(CC)Nc2c(C)c[nH]c(=O)c2C1c1ccccc1. The van der Waals surface area contributed by atoms with Crippen LogP contribution in [-0.2, 0) is 9.47 Å². The van der Waals surface area contributed by atoms with Gasteiger partial charge in [0.05, 0.1) is 29.5 Å². The Morgan fingerprint density at radius 3 is 2.58 bits per heavy atom. The number of aryl methyl sites for hydroxylation is 1. The van der Waals surface area contributed by atoms with Crippen molar-refractivity contribution >= 4 is 11.8 Å². The van der Waals surface area contributed by atoms with E-state index in [9.17, 15) is 9.59 Å². The molecule has 1 unspecified atom stereocenters. The summed E-state index contributed by atoms with van der Waals surface area (Å²) in [5, 5.41) is 3.28. The van der Waals surface area contributed by atoms with E-state index in [0.29, 0.717) is 17.7 Å². The molecular formula is C20H22N2O4. The van der Waals surface area contributed by atoms with Crippen LogP contribution in [0.25, 0.3) is 0 Å². The Bertz CT molecular complexity index is 900. The fourth-order valence-corrected chi connectivity index (χ4v) is 3.19. The predicted molar refractivity (Wildman–Crippen MR) is 99.1 cm³/mol. The number of nitrogens with one attached hydrogen (secondary N) is 2. The number of aromatic nitrogens is 1. The number of hydrogen-bond donors (Lipinski definition) is 2. The highest BCUT2D eigenvalue weighted by Crippen LogP contribution is 2.42. The van der Waals surface area contributed by atoms with Crippen molar-refractivity contribution in [3.63, 3.8) is 0 Å². The number of ether oxygens (including phenoxy) is 2. The van der Waals surface area contributed by atoms with Crippen molar-refractivity contribution in [1.82, 2.24) is 4.98 Å². The van der Waals surface area contributed by atoms with Crippen LogP contribution in [-0.4, -0.2) is 17.7 Å². The Balaban J connectivity index is 2.22. The van der Waals surface area contributed by atoms with E-state index in [0.717, 1.165) is 22.5 Å². The molecule has 1 aliphatic heterocycles. The zero-order chi connectivity index (χ0) is 18.7. The first kappa shape index (κ1) is 17.8. The van der Waals surface area contributed by atoms with Gasteiger partial charge in [-0.25, -0.2) is 4.79 Å². The Morgan fingerprint density at radius 2 is 1.92 bits per heavy atom. The maximum absolute atomic E-state index is 12.7. The summed E-state index contributed by atoms with van der Waals surface area (Å²) in [5.41, 5.74) is 3.63. The minimum absolute atomic E-state index is 0.216. The van der Waals surface area contributed by atoms with Crippen LogP contribution in [0, 0.1) is 6.92 Å². The largest absolute Gasteiger partial charge is 0.513 e. The van der Waals surface area contributed by atoms with Crippen LogP contribution in [0.2, 0.25) is 0 Å². The monoisotopic (exact) mass is 354 g/mol. The van der Waals surface area contributed by atoms with Gasteiger partial charge in [-0.1, -0.05) is 37.3 Å². The number of rotatable bonds is 4. The van der Waals surface area contributed by atoms with Crippen molar-refractivity contribution < 1.29 is 14.3 Å². The van der Waals surface area contributed by atoms with Crippen LogP contribution in [0.3, 0.4) is 0 Å². The summed E-state index contributed by atoms with van der Waals surface area (Å²) in [7, 11) is 0. The van der Waals surface area contributed by atoms with Gasteiger partial charge in [-0.05, 0) is 31.4 Å². The van der Waals surface area contributed by atoms with Crippen molar-refractivity contribution in [2.75, 3.05) is 11.9 Å². The van der Waals surface area contributed by atoms with Gasteiger partial charge in [0.2, 0.25) is 0 Å². The number of anilines is 1. The number of benzene rings is 1. The molecule has 1 atom stereocenters. The molecule has 6 nitrogen and oxygen atoms in total. The molecule has 0 spiro atoms. The third-order valence-electron chi connectivity index (χ3n) is 4.39. The third-order valence-corrected chi connectivity index (χ3v) is 4.39. The average molecular weight is 354 g/mol. The predicted octanol–water partition coefficient (Wildman–Crippen LogP) is 4.04. The molecule has 2 heterocycles. The van der Waals surface area contributed by atoms with Gasteiger partial charge < -0.3 is 19.8 Å². The van der Waals surface area contributed by atoms with Gasteiger partial charge in [-0.3, -0.25) is 4.79 Å². The first-order valence-corrected chi connectivity index (χ1v) is 8.68. The third kappa shape index (κ3) is 3.22. The molecular weight excluding hydrogens is 332 g/mol. The summed E-state index contributed by atoms with van der Waals surface area (Å²) >= 11 is 0. The molecule has 1 aliphatic rings. The van der Waals surface area contributed by atoms with Gasteiger partial charge in [0.25, 0.3) is 5.56 Å². The normalized spacial score (nSPS) is 15.9. The van der Waals surface area contributed by atoms with Crippen LogP contribution >= 0.6 is 0 Å². The topological polar surface area (TPSA) is 80.4 Å². The number of fused-ring (bicyclic) bond motifs is 1. The number of hydrogen-bond acceptors (Lipinski definition) is 5. The summed E-state index contributed by atoms with van der Waals surface area (Å²) in [5.74, 6) is -0.0868. The molecule has 0 bridgehead atoms. The number of carbonyl (C=O) groups is 1. The quantitative estimate of drug-likeness (QED) is 0.810. The smallest absolute Gasteiger partial charge is 0.434 e. The van der Waals surface area contributed by atoms with E-state index in [2.05, 4.69) is 10.3 Å². The second-order valence-corrected chi connectivity index (χ2v) is 6.04. The highest BCUT2D eigenvalue weighted by Gasteiger charge is 2.35. The van der Waals surface area contributed by atoms with Crippen molar-refractivity contribution in [1.29, 1.82) is 0 Å². The first-order valence-electron chi connectivity index (χ1n) is 8.68. The summed E-state index contributed by atoms with van der Waals surface area (Å²) < 4.78 is 10.5. The van der Waals surface area contributed by atoms with Crippen LogP contribution in [0.1, 0.15) is 42.9 Å². The molecule has 6 heteroatoms. The van der Waals surface area contributed by atoms with Crippen LogP contribution in [0.15, 0.2) is 52.8 Å². The van der Waals surface area contributed by atoms with Gasteiger partial charge in [0.15, 0.2) is 0 Å². The Labute approximate surface area is 151 Å². The number of allylic oxidation sites excluding steroid dienone is 2. The molecule has 3 rings (SSSR count). The molecule has 1 aromatic carbocycles. The lowest BCUT2D eigenvalue weighted by molar-refractivity contribution is 0.0776. The summed E-state index contributed by atoms with van der Waals surface area (Å²) in [6.45, 7) is 5.82. The number of aromatic amines is 1. The molecule has 0 fully saturated rings. The minimum atomic E-state index is -0.774. The first-order chi connectivity index (χ1) is 12.6. The lowest BCUT2D eigenvalue weighted by atomic mass is 9.84. The van der Waals surface area contributed by atoms with E-state index in [1.807, 2.05) is 44.2 Å². The van der Waals surface area contributed by atoms with Gasteiger partial charge in [-0.2, -0.15) is 0 Å². The van der Waals surface area contributed by atoms with E-state index in [4.69, 9.17) is 9.47 Å². The van der Waals surface area contributed by atoms with E-state index in [1.54, 1.807) is 13.1 Å². The van der Waals surface area contributed by atoms with Crippen molar-refractivity contribution in [2.24, 2.45) is 0 Å².